The average Bonchev–Trinajstić information content (AvgIpc) is 2.79. The summed E-state index contributed by atoms with van der Waals surface area (Å²) in [5.74, 6) is -0.651. The number of nitro groups is 1. The smallest absolute Gasteiger partial charge is 0.358 e. The first kappa shape index (κ1) is 13.9. The third-order valence-corrected chi connectivity index (χ3v) is 2.85. The van der Waals surface area contributed by atoms with E-state index in [9.17, 15) is 14.9 Å². The number of hydrogen-bond acceptors (Lipinski definition) is 6. The Labute approximate surface area is 118 Å². The molecule has 2 aromatic heterocycles. The first-order chi connectivity index (χ1) is 9.41. The van der Waals surface area contributed by atoms with Crippen LogP contribution in [0.25, 0.3) is 5.69 Å². The van der Waals surface area contributed by atoms with Gasteiger partial charge >= 0.3 is 5.82 Å². The van der Waals surface area contributed by atoms with E-state index in [1.54, 1.807) is 0 Å². The molecule has 0 fully saturated rings. The number of aromatic nitrogens is 4. The topological polar surface area (TPSA) is 107 Å². The third kappa shape index (κ3) is 2.43. The van der Waals surface area contributed by atoms with E-state index < -0.39 is 10.7 Å². The molecule has 2 aromatic rings. The molecule has 0 atom stereocenters. The second kappa shape index (κ2) is 5.21. The molecule has 2 rings (SSSR count). The van der Waals surface area contributed by atoms with E-state index in [4.69, 9.17) is 11.6 Å². The van der Waals surface area contributed by atoms with E-state index in [0.29, 0.717) is 5.69 Å². The Balaban J connectivity index is 2.53. The number of halogens is 1. The number of hydrogen-bond donors (Lipinski definition) is 0. The Morgan fingerprint density at radius 2 is 2.25 bits per heavy atom. The van der Waals surface area contributed by atoms with Crippen LogP contribution in [-0.4, -0.2) is 37.6 Å². The lowest BCUT2D eigenvalue weighted by molar-refractivity contribution is -0.389. The molecule has 0 saturated carbocycles. The van der Waals surface area contributed by atoms with Gasteiger partial charge in [-0.2, -0.15) is 5.10 Å². The first-order valence-electron chi connectivity index (χ1n) is 5.36. The lowest BCUT2D eigenvalue weighted by Gasteiger charge is -2.11. The van der Waals surface area contributed by atoms with Gasteiger partial charge in [-0.1, -0.05) is 11.6 Å². The zero-order chi connectivity index (χ0) is 14.9. The summed E-state index contributed by atoms with van der Waals surface area (Å²) in [6.07, 6.45) is 3.71. The van der Waals surface area contributed by atoms with Gasteiger partial charge in [-0.15, -0.1) is 0 Å². The number of anilines is 1. The van der Waals surface area contributed by atoms with Crippen LogP contribution in [0.1, 0.15) is 6.92 Å². The zero-order valence-electron chi connectivity index (χ0n) is 10.5. The van der Waals surface area contributed by atoms with Gasteiger partial charge in [0.1, 0.15) is 5.69 Å². The van der Waals surface area contributed by atoms with Gasteiger partial charge in [0.05, 0.1) is 12.4 Å². The van der Waals surface area contributed by atoms with E-state index in [-0.39, 0.29) is 16.7 Å². The molecule has 9 nitrogen and oxygen atoms in total. The number of carbonyl (C=O) groups is 1. The lowest BCUT2D eigenvalue weighted by Crippen LogP contribution is -2.22. The molecule has 0 spiro atoms. The summed E-state index contributed by atoms with van der Waals surface area (Å²) in [5, 5.41) is 14.9. The van der Waals surface area contributed by atoms with Crippen molar-refractivity contribution in [2.45, 2.75) is 6.92 Å². The number of nitrogens with zero attached hydrogens (tertiary/aromatic N) is 6. The van der Waals surface area contributed by atoms with E-state index in [2.05, 4.69) is 15.1 Å². The van der Waals surface area contributed by atoms with E-state index in [0.717, 1.165) is 11.0 Å². The molecule has 20 heavy (non-hydrogen) atoms. The summed E-state index contributed by atoms with van der Waals surface area (Å²) in [4.78, 5) is 30.1. The Morgan fingerprint density at radius 3 is 2.85 bits per heavy atom. The predicted molar refractivity (Wildman–Crippen MR) is 69.9 cm³/mol. The molecular weight excluding hydrogens is 288 g/mol. The molecule has 0 bridgehead atoms. The van der Waals surface area contributed by atoms with Crippen LogP contribution >= 0.6 is 11.6 Å². The minimum Gasteiger partial charge on any atom is -0.358 e. The van der Waals surface area contributed by atoms with Gasteiger partial charge in [0, 0.05) is 14.0 Å². The fraction of sp³-hybridized carbons (Fsp3) is 0.200. The maximum atomic E-state index is 11.3. The SMILES string of the molecule is CC(=O)N(C)c1cn(-c2cncnc2[N+](=O)[O-])nc1Cl. The highest BCUT2D eigenvalue weighted by Gasteiger charge is 2.21. The Morgan fingerprint density at radius 1 is 1.55 bits per heavy atom. The molecule has 0 aliphatic carbocycles. The summed E-state index contributed by atoms with van der Waals surface area (Å²) >= 11 is 5.93. The van der Waals surface area contributed by atoms with Crippen LogP contribution in [0.15, 0.2) is 18.7 Å². The average molecular weight is 297 g/mol. The fourth-order valence-electron chi connectivity index (χ4n) is 1.48. The van der Waals surface area contributed by atoms with Crippen molar-refractivity contribution < 1.29 is 9.72 Å². The molecular formula is C10H9ClN6O3. The van der Waals surface area contributed by atoms with Crippen molar-refractivity contribution in [1.82, 2.24) is 19.7 Å². The highest BCUT2D eigenvalue weighted by molar-refractivity contribution is 6.32. The van der Waals surface area contributed by atoms with Crippen molar-refractivity contribution in [3.8, 4) is 5.69 Å². The second-order valence-electron chi connectivity index (χ2n) is 3.82. The second-order valence-corrected chi connectivity index (χ2v) is 4.17. The zero-order valence-corrected chi connectivity index (χ0v) is 11.3. The molecule has 0 saturated heterocycles. The summed E-state index contributed by atoms with van der Waals surface area (Å²) in [5.41, 5.74) is 0.389. The van der Waals surface area contributed by atoms with Crippen molar-refractivity contribution >= 4 is 29.0 Å². The standard InChI is InChI=1S/C10H9ClN6O3/c1-6(18)15(2)8-4-16(14-9(8)11)7-3-12-5-13-10(7)17(19)20/h3-5H,1-2H3. The normalized spacial score (nSPS) is 10.3. The Hall–Kier alpha value is -2.55. The molecule has 0 radical (unpaired) electrons. The van der Waals surface area contributed by atoms with Gasteiger partial charge in [-0.3, -0.25) is 4.79 Å². The molecule has 2 heterocycles. The van der Waals surface area contributed by atoms with Gasteiger partial charge in [0.15, 0.2) is 10.8 Å². The highest BCUT2D eigenvalue weighted by Crippen LogP contribution is 2.27. The van der Waals surface area contributed by atoms with Gasteiger partial charge in [-0.05, 0) is 9.91 Å². The summed E-state index contributed by atoms with van der Waals surface area (Å²) in [6, 6.07) is 0. The maximum absolute atomic E-state index is 11.3. The van der Waals surface area contributed by atoms with Crippen molar-refractivity contribution in [3.63, 3.8) is 0 Å². The predicted octanol–water partition coefficient (Wildman–Crippen LogP) is 1.21. The van der Waals surface area contributed by atoms with Crippen LogP contribution in [0.2, 0.25) is 5.15 Å². The summed E-state index contributed by atoms with van der Waals surface area (Å²) in [7, 11) is 1.52. The van der Waals surface area contributed by atoms with Crippen molar-refractivity contribution in [2.24, 2.45) is 0 Å². The van der Waals surface area contributed by atoms with Crippen LogP contribution in [0, 0.1) is 10.1 Å². The fourth-order valence-corrected chi connectivity index (χ4v) is 1.74. The molecule has 0 N–H and O–H groups in total. The molecule has 0 aliphatic rings. The molecule has 0 unspecified atom stereocenters. The first-order valence-corrected chi connectivity index (χ1v) is 5.74. The van der Waals surface area contributed by atoms with Crippen molar-refractivity contribution in [2.75, 3.05) is 11.9 Å². The molecule has 0 aliphatic heterocycles. The van der Waals surface area contributed by atoms with Crippen molar-refractivity contribution in [3.05, 3.63) is 34.0 Å². The van der Waals surface area contributed by atoms with Crippen molar-refractivity contribution in [1.29, 1.82) is 0 Å². The van der Waals surface area contributed by atoms with E-state index in [1.165, 1.54) is 31.3 Å². The van der Waals surface area contributed by atoms with Gasteiger partial charge in [0.25, 0.3) is 0 Å². The highest BCUT2D eigenvalue weighted by atomic mass is 35.5. The monoisotopic (exact) mass is 296 g/mol. The van der Waals surface area contributed by atoms with Gasteiger partial charge < -0.3 is 15.0 Å². The summed E-state index contributed by atoms with van der Waals surface area (Å²) < 4.78 is 1.16. The van der Waals surface area contributed by atoms with Crippen LogP contribution in [0.3, 0.4) is 0 Å². The summed E-state index contributed by atoms with van der Waals surface area (Å²) in [6.45, 7) is 1.36. The van der Waals surface area contributed by atoms with Crippen LogP contribution in [0.4, 0.5) is 11.5 Å². The van der Waals surface area contributed by atoms with Crippen LogP contribution < -0.4 is 4.90 Å². The number of rotatable bonds is 3. The molecule has 104 valence electrons. The molecule has 1 amide bonds. The quantitative estimate of drug-likeness (QED) is 0.622. The molecule has 0 aromatic carbocycles. The minimum absolute atomic E-state index is 0.0425. The maximum Gasteiger partial charge on any atom is 0.392 e. The minimum atomic E-state index is -0.652. The lowest BCUT2D eigenvalue weighted by atomic mass is 10.4. The Kier molecular flexibility index (Phi) is 3.61. The van der Waals surface area contributed by atoms with Crippen LogP contribution in [-0.2, 0) is 4.79 Å². The molecule has 10 heteroatoms. The van der Waals surface area contributed by atoms with Gasteiger partial charge in [0.2, 0.25) is 12.2 Å². The van der Waals surface area contributed by atoms with E-state index >= 15 is 0 Å². The third-order valence-electron chi connectivity index (χ3n) is 2.58. The Bertz CT molecular complexity index is 685. The largest absolute Gasteiger partial charge is 0.392 e. The number of carbonyl (C=O) groups excluding carboxylic acids is 1. The van der Waals surface area contributed by atoms with Gasteiger partial charge in [-0.25, -0.2) is 9.67 Å². The van der Waals surface area contributed by atoms with Crippen LogP contribution in [0.5, 0.6) is 0 Å². The van der Waals surface area contributed by atoms with E-state index in [1.807, 2.05) is 0 Å². The number of amides is 1.